The van der Waals surface area contributed by atoms with Crippen LogP contribution in [0.2, 0.25) is 15.1 Å². The van der Waals surface area contributed by atoms with Crippen LogP contribution >= 0.6 is 34.8 Å². The average Bonchev–Trinajstić information content (AvgIpc) is 3.16. The summed E-state index contributed by atoms with van der Waals surface area (Å²) in [6, 6.07) is 6.08. The highest BCUT2D eigenvalue weighted by Gasteiger charge is 2.39. The molecule has 0 aliphatic carbocycles. The van der Waals surface area contributed by atoms with Crippen molar-refractivity contribution in [2.24, 2.45) is 0 Å². The number of anilines is 1. The number of halogens is 6. The van der Waals surface area contributed by atoms with Gasteiger partial charge in [-0.15, -0.1) is 0 Å². The summed E-state index contributed by atoms with van der Waals surface area (Å²) in [7, 11) is 0. The van der Waals surface area contributed by atoms with Gasteiger partial charge in [-0.2, -0.15) is 23.4 Å². The van der Waals surface area contributed by atoms with Gasteiger partial charge in [0.25, 0.3) is 0 Å². The molecule has 2 heterocycles. The van der Waals surface area contributed by atoms with Crippen LogP contribution in [-0.4, -0.2) is 25.5 Å². The molecule has 160 valence electrons. The smallest absolute Gasteiger partial charge is 0.306 e. The van der Waals surface area contributed by atoms with E-state index in [1.807, 2.05) is 12.1 Å². The van der Waals surface area contributed by atoms with E-state index < -0.39 is 28.8 Å². The molecule has 0 aliphatic heterocycles. The fourth-order valence-electron chi connectivity index (χ4n) is 2.75. The fourth-order valence-corrected chi connectivity index (χ4v) is 3.38. The van der Waals surface area contributed by atoms with E-state index >= 15 is 0 Å². The van der Waals surface area contributed by atoms with Gasteiger partial charge in [-0.05, 0) is 25.5 Å². The molecule has 6 nitrogen and oxygen atoms in total. The van der Waals surface area contributed by atoms with Crippen LogP contribution in [0.5, 0.6) is 0 Å². The molecule has 3 aromatic rings. The van der Waals surface area contributed by atoms with E-state index in [1.165, 1.54) is 24.7 Å². The summed E-state index contributed by atoms with van der Waals surface area (Å²) in [6.07, 6.45) is -3.23. The molecule has 0 bridgehead atoms. The van der Waals surface area contributed by atoms with Gasteiger partial charge >= 0.3 is 6.18 Å². The van der Waals surface area contributed by atoms with E-state index in [-0.39, 0.29) is 16.5 Å². The fraction of sp³-hybridized carbons (Fsp3) is 0.278. The van der Waals surface area contributed by atoms with Gasteiger partial charge in [0.2, 0.25) is 5.91 Å². The Labute approximate surface area is 184 Å². The van der Waals surface area contributed by atoms with Gasteiger partial charge < -0.3 is 5.32 Å². The lowest BCUT2D eigenvalue weighted by molar-refractivity contribution is -0.141. The van der Waals surface area contributed by atoms with E-state index in [1.54, 1.807) is 12.1 Å². The van der Waals surface area contributed by atoms with E-state index in [2.05, 4.69) is 15.5 Å². The molecule has 1 amide bonds. The second-order valence-electron chi connectivity index (χ2n) is 6.47. The van der Waals surface area contributed by atoms with Crippen molar-refractivity contribution < 1.29 is 18.0 Å². The molecule has 1 N–H and O–H groups in total. The normalized spacial score (nSPS) is 12.8. The molecule has 0 spiro atoms. The summed E-state index contributed by atoms with van der Waals surface area (Å²) in [5.41, 5.74) is -0.434. The second kappa shape index (κ2) is 8.49. The predicted molar refractivity (Wildman–Crippen MR) is 108 cm³/mol. The summed E-state index contributed by atoms with van der Waals surface area (Å²) < 4.78 is 41.4. The third-order valence-corrected chi connectivity index (χ3v) is 5.44. The SMILES string of the molecule is Cc1c(Cl)c(C(F)(F)F)nn1C(C)C(=O)Nc1nn(Cc2ccccc2Cl)cc1Cl. The minimum absolute atomic E-state index is 0.0157. The molecule has 1 unspecified atom stereocenters. The molecule has 1 atom stereocenters. The lowest BCUT2D eigenvalue weighted by Gasteiger charge is -2.13. The Balaban J connectivity index is 1.78. The monoisotopic (exact) mass is 479 g/mol. The quantitative estimate of drug-likeness (QED) is 0.516. The van der Waals surface area contributed by atoms with Crippen LogP contribution in [0.3, 0.4) is 0 Å². The molecule has 0 aliphatic rings. The molecule has 12 heteroatoms. The third-order valence-electron chi connectivity index (χ3n) is 4.34. The zero-order valence-corrected chi connectivity index (χ0v) is 17.9. The lowest BCUT2D eigenvalue weighted by Crippen LogP contribution is -2.26. The summed E-state index contributed by atoms with van der Waals surface area (Å²) in [5.74, 6) is -0.594. The Hall–Kier alpha value is -2.23. The maximum absolute atomic E-state index is 13.0. The maximum Gasteiger partial charge on any atom is 0.436 e. The minimum atomic E-state index is -4.73. The molecule has 0 saturated carbocycles. The highest BCUT2D eigenvalue weighted by atomic mass is 35.5. The van der Waals surface area contributed by atoms with Crippen LogP contribution in [0.15, 0.2) is 30.5 Å². The number of carbonyl (C=O) groups is 1. The Morgan fingerprint density at radius 3 is 2.43 bits per heavy atom. The molecule has 2 aromatic heterocycles. The van der Waals surface area contributed by atoms with Gasteiger partial charge in [0, 0.05) is 11.2 Å². The number of nitrogens with zero attached hydrogens (tertiary/aromatic N) is 4. The molecule has 1 aromatic carbocycles. The van der Waals surface area contributed by atoms with Crippen molar-refractivity contribution in [3.63, 3.8) is 0 Å². The zero-order valence-electron chi connectivity index (χ0n) is 15.6. The molecule has 0 fully saturated rings. The number of nitrogens with one attached hydrogen (secondary N) is 1. The Morgan fingerprint density at radius 1 is 1.17 bits per heavy atom. The topological polar surface area (TPSA) is 64.7 Å². The van der Waals surface area contributed by atoms with Gasteiger partial charge in [0.1, 0.15) is 11.1 Å². The highest BCUT2D eigenvalue weighted by molar-refractivity contribution is 6.33. The van der Waals surface area contributed by atoms with Crippen LogP contribution in [-0.2, 0) is 17.5 Å². The van der Waals surface area contributed by atoms with E-state index in [0.717, 1.165) is 10.2 Å². The molecule has 0 saturated heterocycles. The Kier molecular flexibility index (Phi) is 6.35. The van der Waals surface area contributed by atoms with Gasteiger partial charge in [0.15, 0.2) is 11.5 Å². The van der Waals surface area contributed by atoms with Crippen molar-refractivity contribution in [2.75, 3.05) is 5.32 Å². The van der Waals surface area contributed by atoms with Gasteiger partial charge in [0.05, 0.1) is 17.3 Å². The number of carbonyl (C=O) groups excluding carboxylic acids is 1. The average molecular weight is 481 g/mol. The number of rotatable bonds is 5. The van der Waals surface area contributed by atoms with E-state index in [9.17, 15) is 18.0 Å². The number of alkyl halides is 3. The van der Waals surface area contributed by atoms with Crippen molar-refractivity contribution in [2.45, 2.75) is 32.6 Å². The molecule has 30 heavy (non-hydrogen) atoms. The van der Waals surface area contributed by atoms with Crippen LogP contribution in [0.25, 0.3) is 0 Å². The molecular weight excluding hydrogens is 466 g/mol. The van der Waals surface area contributed by atoms with Crippen molar-refractivity contribution in [3.8, 4) is 0 Å². The third kappa shape index (κ3) is 4.58. The first-order valence-corrected chi connectivity index (χ1v) is 9.71. The largest absolute Gasteiger partial charge is 0.436 e. The minimum Gasteiger partial charge on any atom is -0.306 e. The zero-order chi connectivity index (χ0) is 22.2. The lowest BCUT2D eigenvalue weighted by atomic mass is 10.2. The van der Waals surface area contributed by atoms with Crippen LogP contribution in [0.1, 0.15) is 29.9 Å². The summed E-state index contributed by atoms with van der Waals surface area (Å²) in [5, 5.41) is 10.3. The molecule has 3 rings (SSSR count). The van der Waals surface area contributed by atoms with Crippen molar-refractivity contribution >= 4 is 46.5 Å². The van der Waals surface area contributed by atoms with Crippen molar-refractivity contribution in [1.82, 2.24) is 19.6 Å². The highest BCUT2D eigenvalue weighted by Crippen LogP contribution is 2.36. The van der Waals surface area contributed by atoms with Crippen molar-refractivity contribution in [1.29, 1.82) is 0 Å². The summed E-state index contributed by atoms with van der Waals surface area (Å²) in [6.45, 7) is 3.05. The second-order valence-corrected chi connectivity index (χ2v) is 7.66. The predicted octanol–water partition coefficient (Wildman–Crippen LogP) is 5.62. The molecule has 0 radical (unpaired) electrons. The first-order valence-electron chi connectivity index (χ1n) is 8.58. The number of aromatic nitrogens is 4. The van der Waals surface area contributed by atoms with Crippen LogP contribution in [0, 0.1) is 6.92 Å². The number of hydrogen-bond donors (Lipinski definition) is 1. The van der Waals surface area contributed by atoms with Gasteiger partial charge in [-0.3, -0.25) is 14.2 Å². The van der Waals surface area contributed by atoms with Gasteiger partial charge in [-0.25, -0.2) is 0 Å². The number of benzene rings is 1. The Bertz CT molecular complexity index is 1090. The number of hydrogen-bond acceptors (Lipinski definition) is 3. The van der Waals surface area contributed by atoms with Crippen LogP contribution < -0.4 is 5.32 Å². The molecular formula is C18H15Cl3F3N5O. The maximum atomic E-state index is 13.0. The van der Waals surface area contributed by atoms with E-state index in [0.29, 0.717) is 11.6 Å². The van der Waals surface area contributed by atoms with Gasteiger partial charge in [-0.1, -0.05) is 53.0 Å². The van der Waals surface area contributed by atoms with Crippen LogP contribution in [0.4, 0.5) is 19.0 Å². The first-order chi connectivity index (χ1) is 14.0. The summed E-state index contributed by atoms with van der Waals surface area (Å²) >= 11 is 18.0. The van der Waals surface area contributed by atoms with E-state index in [4.69, 9.17) is 34.8 Å². The summed E-state index contributed by atoms with van der Waals surface area (Å²) in [4.78, 5) is 12.6. The number of amides is 1. The van der Waals surface area contributed by atoms with Crippen molar-refractivity contribution in [3.05, 3.63) is 62.5 Å². The Morgan fingerprint density at radius 2 is 1.83 bits per heavy atom. The first kappa shape index (κ1) is 22.5. The standard InChI is InChI=1S/C18H15Cl3F3N5O/c1-9-14(21)15(18(22,23)24)26-29(9)10(2)17(30)25-16-13(20)8-28(27-16)7-11-5-3-4-6-12(11)19/h3-6,8,10H,7H2,1-2H3,(H,25,27,30).